The van der Waals surface area contributed by atoms with Crippen molar-refractivity contribution >= 4 is 0 Å². The molecule has 0 bridgehead atoms. The van der Waals surface area contributed by atoms with Gasteiger partial charge in [-0.1, -0.05) is 0 Å². The molecule has 0 amide bonds. The lowest BCUT2D eigenvalue weighted by molar-refractivity contribution is 0.208. The number of nitrogens with one attached hydrogen (secondary N) is 1. The quantitative estimate of drug-likeness (QED) is 0.701. The van der Waals surface area contributed by atoms with Crippen LogP contribution >= 0.6 is 0 Å². The van der Waals surface area contributed by atoms with E-state index in [-0.39, 0.29) is 6.04 Å². The van der Waals surface area contributed by atoms with E-state index in [4.69, 9.17) is 5.26 Å². The predicted octanol–water partition coefficient (Wildman–Crippen LogP) is -0.795. The molecule has 6 heteroatoms. The van der Waals surface area contributed by atoms with Crippen molar-refractivity contribution in [3.05, 3.63) is 12.2 Å². The summed E-state index contributed by atoms with van der Waals surface area (Å²) in [5.74, 6) is 0.981. The molecule has 0 spiro atoms. The fourth-order valence-electron chi connectivity index (χ4n) is 1.73. The molecule has 1 aromatic rings. The average Bonchev–Trinajstić information content (AvgIpc) is 2.73. The lowest BCUT2D eigenvalue weighted by Crippen LogP contribution is -2.42. The zero-order valence-electron chi connectivity index (χ0n) is 8.72. The van der Waals surface area contributed by atoms with Crippen molar-refractivity contribution in [2.75, 3.05) is 20.1 Å². The van der Waals surface area contributed by atoms with E-state index in [1.807, 2.05) is 0 Å². The van der Waals surface area contributed by atoms with Gasteiger partial charge in [0.05, 0.1) is 12.6 Å². The highest BCUT2D eigenvalue weighted by atomic mass is 15.3. The Hall–Kier alpha value is -1.45. The van der Waals surface area contributed by atoms with E-state index < -0.39 is 0 Å². The summed E-state index contributed by atoms with van der Waals surface area (Å²) < 4.78 is 2.05. The van der Waals surface area contributed by atoms with E-state index in [1.165, 1.54) is 0 Å². The third-order valence-corrected chi connectivity index (χ3v) is 2.66. The third-order valence-electron chi connectivity index (χ3n) is 2.66. The summed E-state index contributed by atoms with van der Waals surface area (Å²) >= 11 is 0. The van der Waals surface area contributed by atoms with Gasteiger partial charge in [0.1, 0.15) is 18.2 Å². The molecule has 0 radical (unpaired) electrons. The second-order valence-electron chi connectivity index (χ2n) is 3.65. The van der Waals surface area contributed by atoms with E-state index in [2.05, 4.69) is 31.1 Å². The summed E-state index contributed by atoms with van der Waals surface area (Å²) in [7, 11) is 1.81. The van der Waals surface area contributed by atoms with Gasteiger partial charge < -0.3 is 9.88 Å². The number of rotatable bonds is 3. The molecule has 0 fully saturated rings. The number of hydrogen-bond donors (Lipinski definition) is 1. The monoisotopic (exact) mass is 206 g/mol. The lowest BCUT2D eigenvalue weighted by atomic mass is 10.2. The molecule has 80 valence electrons. The number of hydrogen-bond acceptors (Lipinski definition) is 5. The van der Waals surface area contributed by atoms with E-state index in [1.54, 1.807) is 13.4 Å². The maximum absolute atomic E-state index is 8.84. The van der Waals surface area contributed by atoms with Crippen molar-refractivity contribution in [1.82, 2.24) is 25.0 Å². The number of fused-ring (bicyclic) bond motifs is 1. The van der Waals surface area contributed by atoms with Crippen LogP contribution in [0.5, 0.6) is 0 Å². The van der Waals surface area contributed by atoms with Crippen LogP contribution in [0.25, 0.3) is 0 Å². The van der Waals surface area contributed by atoms with Crippen molar-refractivity contribution in [3.8, 4) is 6.07 Å². The van der Waals surface area contributed by atoms with Crippen molar-refractivity contribution in [3.63, 3.8) is 0 Å². The molecule has 1 aliphatic rings. The molecule has 6 nitrogen and oxygen atoms in total. The molecule has 1 aliphatic heterocycles. The van der Waals surface area contributed by atoms with Crippen LogP contribution in [-0.2, 0) is 13.1 Å². The van der Waals surface area contributed by atoms with Gasteiger partial charge in [0.25, 0.3) is 0 Å². The summed E-state index contributed by atoms with van der Waals surface area (Å²) in [5, 5.41) is 19.7. The average molecular weight is 206 g/mol. The Balaban J connectivity index is 1.96. The molecule has 2 rings (SSSR count). The molecule has 0 saturated heterocycles. The molecule has 2 heterocycles. The molecule has 0 aromatic carbocycles. The fraction of sp³-hybridized carbons (Fsp3) is 0.667. The minimum atomic E-state index is -0.112. The Morgan fingerprint density at radius 2 is 2.53 bits per heavy atom. The molecule has 1 aromatic heterocycles. The first-order chi connectivity index (χ1) is 7.33. The maximum atomic E-state index is 8.84. The second kappa shape index (κ2) is 4.38. The van der Waals surface area contributed by atoms with Gasteiger partial charge in [-0.15, -0.1) is 10.2 Å². The summed E-state index contributed by atoms with van der Waals surface area (Å²) in [5.41, 5.74) is 0. The smallest absolute Gasteiger partial charge is 0.147 e. The van der Waals surface area contributed by atoms with E-state index >= 15 is 0 Å². The minimum absolute atomic E-state index is 0.112. The van der Waals surface area contributed by atoms with Gasteiger partial charge in [-0.25, -0.2) is 0 Å². The van der Waals surface area contributed by atoms with Gasteiger partial charge in [0.2, 0.25) is 0 Å². The van der Waals surface area contributed by atoms with Gasteiger partial charge >= 0.3 is 0 Å². The van der Waals surface area contributed by atoms with Crippen LogP contribution in [0.4, 0.5) is 0 Å². The molecule has 1 unspecified atom stereocenters. The SMILES string of the molecule is CNC(C#N)CN1CCn2cnnc2C1. The number of nitrogens with zero attached hydrogens (tertiary/aromatic N) is 5. The standard InChI is InChI=1S/C9H14N6/c1-11-8(4-10)5-14-2-3-15-7-12-13-9(15)6-14/h7-8,11H,2-3,5-6H2,1H3. The van der Waals surface area contributed by atoms with E-state index in [9.17, 15) is 0 Å². The first-order valence-corrected chi connectivity index (χ1v) is 4.99. The number of likely N-dealkylation sites (N-methyl/N-ethyl adjacent to an activating group) is 1. The van der Waals surface area contributed by atoms with Gasteiger partial charge in [-0.05, 0) is 7.05 Å². The lowest BCUT2D eigenvalue weighted by Gasteiger charge is -2.28. The Morgan fingerprint density at radius 3 is 3.27 bits per heavy atom. The molecule has 0 saturated carbocycles. The summed E-state index contributed by atoms with van der Waals surface area (Å²) in [6.45, 7) is 3.37. The van der Waals surface area contributed by atoms with Gasteiger partial charge in [0, 0.05) is 19.6 Å². The van der Waals surface area contributed by atoms with Crippen LogP contribution < -0.4 is 5.32 Å². The largest absolute Gasteiger partial charge is 0.315 e. The van der Waals surface area contributed by atoms with Gasteiger partial charge in [-0.2, -0.15) is 5.26 Å². The number of nitriles is 1. The third kappa shape index (κ3) is 2.14. The van der Waals surface area contributed by atoms with Crippen LogP contribution in [0.1, 0.15) is 5.82 Å². The van der Waals surface area contributed by atoms with Crippen LogP contribution in [0, 0.1) is 11.3 Å². The van der Waals surface area contributed by atoms with Crippen LogP contribution in [0.2, 0.25) is 0 Å². The molecule has 1 atom stereocenters. The summed E-state index contributed by atoms with van der Waals surface area (Å²) in [6, 6.07) is 2.11. The maximum Gasteiger partial charge on any atom is 0.147 e. The van der Waals surface area contributed by atoms with Crippen LogP contribution in [0.3, 0.4) is 0 Å². The Bertz CT molecular complexity index is 365. The second-order valence-corrected chi connectivity index (χ2v) is 3.65. The van der Waals surface area contributed by atoms with Crippen molar-refractivity contribution in [1.29, 1.82) is 5.26 Å². The number of aromatic nitrogens is 3. The fourth-order valence-corrected chi connectivity index (χ4v) is 1.73. The molecule has 15 heavy (non-hydrogen) atoms. The highest BCUT2D eigenvalue weighted by Crippen LogP contribution is 2.08. The first-order valence-electron chi connectivity index (χ1n) is 4.99. The van der Waals surface area contributed by atoms with E-state index in [0.29, 0.717) is 0 Å². The van der Waals surface area contributed by atoms with Gasteiger partial charge in [-0.3, -0.25) is 4.90 Å². The molecular formula is C9H14N6. The zero-order valence-corrected chi connectivity index (χ0v) is 8.72. The highest BCUT2D eigenvalue weighted by Gasteiger charge is 2.19. The Kier molecular flexibility index (Phi) is 2.94. The first kappa shape index (κ1) is 10.1. The van der Waals surface area contributed by atoms with Gasteiger partial charge in [0.15, 0.2) is 0 Å². The summed E-state index contributed by atoms with van der Waals surface area (Å²) in [4.78, 5) is 2.22. The van der Waals surface area contributed by atoms with Crippen LogP contribution in [0.15, 0.2) is 6.33 Å². The van der Waals surface area contributed by atoms with Crippen molar-refractivity contribution in [2.45, 2.75) is 19.1 Å². The zero-order chi connectivity index (χ0) is 10.7. The minimum Gasteiger partial charge on any atom is -0.315 e. The summed E-state index contributed by atoms with van der Waals surface area (Å²) in [6.07, 6.45) is 1.76. The highest BCUT2D eigenvalue weighted by molar-refractivity contribution is 4.95. The molecule has 0 aliphatic carbocycles. The van der Waals surface area contributed by atoms with Crippen LogP contribution in [-0.4, -0.2) is 45.8 Å². The van der Waals surface area contributed by atoms with Crippen molar-refractivity contribution in [2.24, 2.45) is 0 Å². The predicted molar refractivity (Wildman–Crippen MR) is 53.8 cm³/mol. The normalized spacial score (nSPS) is 18.1. The van der Waals surface area contributed by atoms with E-state index in [0.717, 1.165) is 32.0 Å². The van der Waals surface area contributed by atoms with Crippen molar-refractivity contribution < 1.29 is 0 Å². The Morgan fingerprint density at radius 1 is 1.67 bits per heavy atom. The Labute approximate surface area is 88.5 Å². The topological polar surface area (TPSA) is 69.8 Å². The molecule has 1 N–H and O–H groups in total. The molecular weight excluding hydrogens is 192 g/mol.